The SMILES string of the molecule is CC(C)c1c[c]c(Br)cc1. The maximum atomic E-state index is 3.34. The van der Waals surface area contributed by atoms with Crippen molar-refractivity contribution in [3.63, 3.8) is 0 Å². The molecule has 0 unspecified atom stereocenters. The van der Waals surface area contributed by atoms with E-state index in [9.17, 15) is 0 Å². The number of hydrogen-bond donors (Lipinski definition) is 0. The summed E-state index contributed by atoms with van der Waals surface area (Å²) in [6, 6.07) is 9.26. The van der Waals surface area contributed by atoms with Crippen LogP contribution in [0.15, 0.2) is 22.7 Å². The van der Waals surface area contributed by atoms with E-state index in [-0.39, 0.29) is 0 Å². The van der Waals surface area contributed by atoms with Gasteiger partial charge in [0.2, 0.25) is 0 Å². The molecule has 0 N–H and O–H groups in total. The molecule has 0 nitrogen and oxygen atoms in total. The van der Waals surface area contributed by atoms with Crippen molar-refractivity contribution < 1.29 is 0 Å². The van der Waals surface area contributed by atoms with Crippen molar-refractivity contribution in [2.24, 2.45) is 0 Å². The predicted octanol–water partition coefficient (Wildman–Crippen LogP) is 3.37. The standard InChI is InChI=1S/C9H10Br/c1-7(2)8-3-5-9(10)6-4-8/h3-5,7H,1-2H3. The van der Waals surface area contributed by atoms with E-state index in [0.717, 1.165) is 4.47 Å². The Bertz CT molecular complexity index is 198. The average molecular weight is 198 g/mol. The largest absolute Gasteiger partial charge is 0.0587 e. The Morgan fingerprint density at radius 3 is 2.50 bits per heavy atom. The van der Waals surface area contributed by atoms with Gasteiger partial charge in [-0.15, -0.1) is 0 Å². The fourth-order valence-electron chi connectivity index (χ4n) is 0.777. The van der Waals surface area contributed by atoms with Crippen molar-refractivity contribution in [3.05, 3.63) is 34.3 Å². The van der Waals surface area contributed by atoms with Crippen LogP contribution in [0.2, 0.25) is 0 Å². The molecular formula is C9H10Br. The van der Waals surface area contributed by atoms with Gasteiger partial charge in [-0.3, -0.25) is 0 Å². The molecular weight excluding hydrogens is 188 g/mol. The third-order valence-corrected chi connectivity index (χ3v) is 1.96. The lowest BCUT2D eigenvalue weighted by Gasteiger charge is -2.02. The molecule has 1 radical (unpaired) electrons. The minimum absolute atomic E-state index is 0.601. The van der Waals surface area contributed by atoms with E-state index in [1.807, 2.05) is 12.1 Å². The highest BCUT2D eigenvalue weighted by Gasteiger charge is 1.96. The Labute approximate surface area is 70.4 Å². The second-order valence-electron chi connectivity index (χ2n) is 2.62. The maximum Gasteiger partial charge on any atom is 0.0254 e. The zero-order valence-electron chi connectivity index (χ0n) is 6.19. The van der Waals surface area contributed by atoms with Gasteiger partial charge in [-0.25, -0.2) is 0 Å². The van der Waals surface area contributed by atoms with Gasteiger partial charge < -0.3 is 0 Å². The highest BCUT2D eigenvalue weighted by molar-refractivity contribution is 9.10. The van der Waals surface area contributed by atoms with Crippen molar-refractivity contribution in [2.75, 3.05) is 0 Å². The molecule has 0 aliphatic carbocycles. The first-order valence-electron chi connectivity index (χ1n) is 3.37. The summed E-state index contributed by atoms with van der Waals surface area (Å²) in [6.07, 6.45) is 0. The van der Waals surface area contributed by atoms with Crippen LogP contribution in [0.5, 0.6) is 0 Å². The highest BCUT2D eigenvalue weighted by Crippen LogP contribution is 2.16. The van der Waals surface area contributed by atoms with Gasteiger partial charge >= 0.3 is 0 Å². The van der Waals surface area contributed by atoms with Crippen LogP contribution < -0.4 is 0 Å². The smallest absolute Gasteiger partial charge is 0.0254 e. The summed E-state index contributed by atoms with van der Waals surface area (Å²) in [5.74, 6) is 0.601. The molecule has 0 bridgehead atoms. The second-order valence-corrected chi connectivity index (χ2v) is 3.48. The fraction of sp³-hybridized carbons (Fsp3) is 0.333. The van der Waals surface area contributed by atoms with Crippen molar-refractivity contribution >= 4 is 15.9 Å². The summed E-state index contributed by atoms with van der Waals surface area (Å²) in [5.41, 5.74) is 1.34. The van der Waals surface area contributed by atoms with Crippen LogP contribution in [-0.2, 0) is 0 Å². The van der Waals surface area contributed by atoms with E-state index in [1.54, 1.807) is 0 Å². The van der Waals surface area contributed by atoms with E-state index in [1.165, 1.54) is 5.56 Å². The monoisotopic (exact) mass is 197 g/mol. The summed E-state index contributed by atoms with van der Waals surface area (Å²) in [7, 11) is 0. The predicted molar refractivity (Wildman–Crippen MR) is 47.1 cm³/mol. The molecule has 1 heteroatoms. The first-order chi connectivity index (χ1) is 4.70. The lowest BCUT2D eigenvalue weighted by atomic mass is 10.0. The molecule has 0 aliphatic rings. The summed E-state index contributed by atoms with van der Waals surface area (Å²) >= 11 is 3.34. The van der Waals surface area contributed by atoms with E-state index < -0.39 is 0 Å². The minimum Gasteiger partial charge on any atom is -0.0587 e. The molecule has 53 valence electrons. The molecule has 1 aromatic rings. The Balaban J connectivity index is 2.89. The van der Waals surface area contributed by atoms with Crippen LogP contribution in [0.3, 0.4) is 0 Å². The van der Waals surface area contributed by atoms with Crippen LogP contribution in [0.4, 0.5) is 0 Å². The van der Waals surface area contributed by atoms with Gasteiger partial charge in [-0.1, -0.05) is 35.8 Å². The summed E-state index contributed by atoms with van der Waals surface area (Å²) < 4.78 is 1.02. The summed E-state index contributed by atoms with van der Waals surface area (Å²) in [6.45, 7) is 4.36. The van der Waals surface area contributed by atoms with Crippen molar-refractivity contribution in [2.45, 2.75) is 19.8 Å². The minimum atomic E-state index is 0.601. The van der Waals surface area contributed by atoms with Gasteiger partial charge in [0.25, 0.3) is 0 Å². The highest BCUT2D eigenvalue weighted by atomic mass is 79.9. The number of benzene rings is 1. The van der Waals surface area contributed by atoms with Gasteiger partial charge in [0.15, 0.2) is 0 Å². The molecule has 0 fully saturated rings. The summed E-state index contributed by atoms with van der Waals surface area (Å²) in [4.78, 5) is 0. The van der Waals surface area contributed by atoms with Crippen LogP contribution in [0.1, 0.15) is 25.3 Å². The Hall–Kier alpha value is -0.300. The summed E-state index contributed by atoms with van der Waals surface area (Å²) in [5, 5.41) is 0. The van der Waals surface area contributed by atoms with Crippen LogP contribution in [0, 0.1) is 6.07 Å². The molecule has 1 aromatic carbocycles. The van der Waals surface area contributed by atoms with Crippen molar-refractivity contribution in [3.8, 4) is 0 Å². The van der Waals surface area contributed by atoms with Gasteiger partial charge in [-0.05, 0) is 29.7 Å². The Kier molecular flexibility index (Phi) is 2.50. The fourth-order valence-corrected chi connectivity index (χ4v) is 1.02. The molecule has 0 heterocycles. The molecule has 0 amide bonds. The third kappa shape index (κ3) is 1.84. The molecule has 0 saturated heterocycles. The number of rotatable bonds is 1. The van der Waals surface area contributed by atoms with Crippen LogP contribution in [-0.4, -0.2) is 0 Å². The Morgan fingerprint density at radius 2 is 2.10 bits per heavy atom. The quantitative estimate of drug-likeness (QED) is 0.648. The van der Waals surface area contributed by atoms with Gasteiger partial charge in [0.05, 0.1) is 0 Å². The average Bonchev–Trinajstić information content (AvgIpc) is 1.88. The zero-order chi connectivity index (χ0) is 7.56. The van der Waals surface area contributed by atoms with E-state index in [0.29, 0.717) is 5.92 Å². The number of hydrogen-bond acceptors (Lipinski definition) is 0. The number of halogens is 1. The third-order valence-electron chi connectivity index (χ3n) is 1.47. The van der Waals surface area contributed by atoms with Crippen LogP contribution >= 0.6 is 15.9 Å². The zero-order valence-corrected chi connectivity index (χ0v) is 7.77. The lowest BCUT2D eigenvalue weighted by Crippen LogP contribution is -1.84. The Morgan fingerprint density at radius 1 is 1.40 bits per heavy atom. The van der Waals surface area contributed by atoms with Gasteiger partial charge in [0, 0.05) is 4.47 Å². The van der Waals surface area contributed by atoms with E-state index in [4.69, 9.17) is 0 Å². The molecule has 0 atom stereocenters. The van der Waals surface area contributed by atoms with Gasteiger partial charge in [0.1, 0.15) is 0 Å². The first-order valence-corrected chi connectivity index (χ1v) is 4.16. The molecule has 0 spiro atoms. The lowest BCUT2D eigenvalue weighted by molar-refractivity contribution is 0.866. The maximum absolute atomic E-state index is 3.34. The van der Waals surface area contributed by atoms with Crippen LogP contribution in [0.25, 0.3) is 0 Å². The second kappa shape index (κ2) is 3.20. The van der Waals surface area contributed by atoms with E-state index >= 15 is 0 Å². The van der Waals surface area contributed by atoms with Crippen molar-refractivity contribution in [1.29, 1.82) is 0 Å². The molecule has 10 heavy (non-hydrogen) atoms. The van der Waals surface area contributed by atoms with Crippen molar-refractivity contribution in [1.82, 2.24) is 0 Å². The molecule has 1 rings (SSSR count). The van der Waals surface area contributed by atoms with E-state index in [2.05, 4.69) is 41.9 Å². The molecule has 0 aliphatic heterocycles. The normalized spacial score (nSPS) is 10.4. The molecule has 0 saturated carbocycles. The topological polar surface area (TPSA) is 0 Å². The van der Waals surface area contributed by atoms with Gasteiger partial charge in [-0.2, -0.15) is 0 Å². The molecule has 0 aromatic heterocycles. The first kappa shape index (κ1) is 7.80.